The molecule has 1 amide bonds. The lowest BCUT2D eigenvalue weighted by molar-refractivity contribution is -0.118. The van der Waals surface area contributed by atoms with E-state index >= 15 is 0 Å². The average molecular weight is 250 g/mol. The zero-order valence-electron chi connectivity index (χ0n) is 10.8. The van der Waals surface area contributed by atoms with Gasteiger partial charge in [-0.15, -0.1) is 0 Å². The number of hydrogen-bond acceptors (Lipinski definition) is 4. The largest absolute Gasteiger partial charge is 0.465 e. The summed E-state index contributed by atoms with van der Waals surface area (Å²) in [7, 11) is 1.29. The molecule has 0 heterocycles. The van der Waals surface area contributed by atoms with Crippen LogP contribution in [0.3, 0.4) is 0 Å². The van der Waals surface area contributed by atoms with Gasteiger partial charge >= 0.3 is 5.97 Å². The van der Waals surface area contributed by atoms with Crippen LogP contribution < -0.4 is 11.1 Å². The Kier molecular flexibility index (Phi) is 4.85. The van der Waals surface area contributed by atoms with Crippen LogP contribution in [-0.4, -0.2) is 25.0 Å². The van der Waals surface area contributed by atoms with Gasteiger partial charge in [0, 0.05) is 0 Å². The minimum Gasteiger partial charge on any atom is -0.465 e. The molecular formula is C13H18N2O3. The number of esters is 1. The van der Waals surface area contributed by atoms with Crippen LogP contribution in [0.15, 0.2) is 24.3 Å². The van der Waals surface area contributed by atoms with E-state index in [1.165, 1.54) is 7.11 Å². The van der Waals surface area contributed by atoms with Crippen molar-refractivity contribution in [1.82, 2.24) is 0 Å². The van der Waals surface area contributed by atoms with Gasteiger partial charge in [-0.3, -0.25) is 4.79 Å². The number of amides is 1. The third kappa shape index (κ3) is 3.30. The minimum atomic E-state index is -0.615. The van der Waals surface area contributed by atoms with Gasteiger partial charge in [-0.25, -0.2) is 4.79 Å². The van der Waals surface area contributed by atoms with E-state index in [0.29, 0.717) is 11.3 Å². The van der Waals surface area contributed by atoms with Crippen LogP contribution in [0, 0.1) is 5.92 Å². The summed E-state index contributed by atoms with van der Waals surface area (Å²) in [6, 6.07) is 6.03. The second-order valence-electron chi connectivity index (χ2n) is 4.30. The Morgan fingerprint density at radius 1 is 1.28 bits per heavy atom. The molecule has 0 radical (unpaired) electrons. The summed E-state index contributed by atoms with van der Waals surface area (Å²) in [5.74, 6) is -0.791. The number of carbonyl (C=O) groups is 2. The molecule has 1 aromatic carbocycles. The molecule has 0 saturated carbocycles. The molecule has 0 fully saturated rings. The van der Waals surface area contributed by atoms with Crippen LogP contribution >= 0.6 is 0 Å². The normalized spacial score (nSPS) is 12.1. The Labute approximate surface area is 106 Å². The van der Waals surface area contributed by atoms with Crippen molar-refractivity contribution in [1.29, 1.82) is 0 Å². The molecule has 0 aliphatic carbocycles. The quantitative estimate of drug-likeness (QED) is 0.791. The van der Waals surface area contributed by atoms with E-state index in [4.69, 9.17) is 5.73 Å². The number of rotatable bonds is 4. The van der Waals surface area contributed by atoms with E-state index in [0.717, 1.165) is 0 Å². The maximum Gasteiger partial charge on any atom is 0.339 e. The predicted molar refractivity (Wildman–Crippen MR) is 69.2 cm³/mol. The molecule has 0 aliphatic heterocycles. The van der Waals surface area contributed by atoms with Crippen molar-refractivity contribution >= 4 is 17.6 Å². The van der Waals surface area contributed by atoms with Gasteiger partial charge < -0.3 is 15.8 Å². The van der Waals surface area contributed by atoms with E-state index in [1.807, 2.05) is 13.8 Å². The highest BCUT2D eigenvalue weighted by atomic mass is 16.5. The van der Waals surface area contributed by atoms with Gasteiger partial charge in [-0.1, -0.05) is 26.0 Å². The van der Waals surface area contributed by atoms with Gasteiger partial charge in [-0.2, -0.15) is 0 Å². The van der Waals surface area contributed by atoms with E-state index in [2.05, 4.69) is 10.1 Å². The molecule has 0 bridgehead atoms. The summed E-state index contributed by atoms with van der Waals surface area (Å²) in [4.78, 5) is 23.3. The van der Waals surface area contributed by atoms with Crippen LogP contribution in [0.2, 0.25) is 0 Å². The number of hydrogen-bond donors (Lipinski definition) is 2. The third-order valence-corrected chi connectivity index (χ3v) is 2.61. The van der Waals surface area contributed by atoms with Gasteiger partial charge in [0.2, 0.25) is 5.91 Å². The highest BCUT2D eigenvalue weighted by molar-refractivity contribution is 6.02. The van der Waals surface area contributed by atoms with Gasteiger partial charge in [-0.05, 0) is 18.1 Å². The van der Waals surface area contributed by atoms with Crippen molar-refractivity contribution in [2.75, 3.05) is 12.4 Å². The first-order valence-corrected chi connectivity index (χ1v) is 5.71. The summed E-state index contributed by atoms with van der Waals surface area (Å²) in [5, 5.41) is 2.64. The first-order valence-electron chi connectivity index (χ1n) is 5.71. The zero-order chi connectivity index (χ0) is 13.7. The molecule has 98 valence electrons. The fourth-order valence-corrected chi connectivity index (χ4v) is 1.40. The first kappa shape index (κ1) is 14.2. The SMILES string of the molecule is COC(=O)c1ccccc1NC(=O)[C@H](N)C(C)C. The summed E-state index contributed by atoms with van der Waals surface area (Å²) in [5.41, 5.74) is 6.46. The number of anilines is 1. The minimum absolute atomic E-state index is 0.0234. The van der Waals surface area contributed by atoms with Crippen molar-refractivity contribution in [3.63, 3.8) is 0 Å². The van der Waals surface area contributed by atoms with Gasteiger partial charge in [0.1, 0.15) is 0 Å². The number of methoxy groups -OCH3 is 1. The standard InChI is InChI=1S/C13H18N2O3/c1-8(2)11(14)12(16)15-10-7-5-4-6-9(10)13(17)18-3/h4-8,11H,14H2,1-3H3,(H,15,16)/t11-/m1/s1. The van der Waals surface area contributed by atoms with Crippen LogP contribution in [-0.2, 0) is 9.53 Å². The summed E-state index contributed by atoms with van der Waals surface area (Å²) < 4.78 is 4.64. The maximum absolute atomic E-state index is 11.8. The topological polar surface area (TPSA) is 81.4 Å². The van der Waals surface area contributed by atoms with E-state index < -0.39 is 12.0 Å². The van der Waals surface area contributed by atoms with Crippen molar-refractivity contribution in [2.24, 2.45) is 11.7 Å². The number of nitrogens with one attached hydrogen (secondary N) is 1. The monoisotopic (exact) mass is 250 g/mol. The van der Waals surface area contributed by atoms with Crippen LogP contribution in [0.4, 0.5) is 5.69 Å². The van der Waals surface area contributed by atoms with Crippen molar-refractivity contribution in [3.8, 4) is 0 Å². The average Bonchev–Trinajstić information content (AvgIpc) is 2.37. The number of ether oxygens (including phenoxy) is 1. The molecule has 0 aliphatic rings. The van der Waals surface area contributed by atoms with Crippen molar-refractivity contribution in [3.05, 3.63) is 29.8 Å². The summed E-state index contributed by atoms with van der Waals surface area (Å²) in [6.45, 7) is 3.72. The highest BCUT2D eigenvalue weighted by Crippen LogP contribution is 2.16. The Morgan fingerprint density at radius 2 is 1.89 bits per heavy atom. The van der Waals surface area contributed by atoms with Crippen molar-refractivity contribution < 1.29 is 14.3 Å². The van der Waals surface area contributed by atoms with Gasteiger partial charge in [0.05, 0.1) is 24.4 Å². The van der Waals surface area contributed by atoms with Gasteiger partial charge in [0.15, 0.2) is 0 Å². The molecule has 5 heteroatoms. The Morgan fingerprint density at radius 3 is 2.44 bits per heavy atom. The Balaban J connectivity index is 2.91. The number of carbonyl (C=O) groups excluding carboxylic acids is 2. The predicted octanol–water partition coefficient (Wildman–Crippen LogP) is 1.40. The maximum atomic E-state index is 11.8. The summed E-state index contributed by atoms with van der Waals surface area (Å²) in [6.07, 6.45) is 0. The second kappa shape index (κ2) is 6.16. The lowest BCUT2D eigenvalue weighted by Gasteiger charge is -2.16. The second-order valence-corrected chi connectivity index (χ2v) is 4.30. The van der Waals surface area contributed by atoms with Crippen LogP contribution in [0.5, 0.6) is 0 Å². The van der Waals surface area contributed by atoms with E-state index in [1.54, 1.807) is 24.3 Å². The molecule has 0 spiro atoms. The fourth-order valence-electron chi connectivity index (χ4n) is 1.40. The molecule has 5 nitrogen and oxygen atoms in total. The molecule has 18 heavy (non-hydrogen) atoms. The van der Waals surface area contributed by atoms with Crippen LogP contribution in [0.25, 0.3) is 0 Å². The highest BCUT2D eigenvalue weighted by Gasteiger charge is 2.19. The molecule has 0 unspecified atom stereocenters. The third-order valence-electron chi connectivity index (χ3n) is 2.61. The molecule has 3 N–H and O–H groups in total. The lowest BCUT2D eigenvalue weighted by Crippen LogP contribution is -2.40. The first-order chi connectivity index (χ1) is 8.47. The zero-order valence-corrected chi connectivity index (χ0v) is 10.8. The molecule has 1 aromatic rings. The van der Waals surface area contributed by atoms with Crippen LogP contribution in [0.1, 0.15) is 24.2 Å². The van der Waals surface area contributed by atoms with E-state index in [-0.39, 0.29) is 11.8 Å². The molecule has 1 rings (SSSR count). The Hall–Kier alpha value is -1.88. The smallest absolute Gasteiger partial charge is 0.339 e. The molecule has 0 saturated heterocycles. The summed E-state index contributed by atoms with van der Waals surface area (Å²) >= 11 is 0. The van der Waals surface area contributed by atoms with Crippen molar-refractivity contribution in [2.45, 2.75) is 19.9 Å². The number of nitrogens with two attached hydrogens (primary N) is 1. The van der Waals surface area contributed by atoms with Gasteiger partial charge in [0.25, 0.3) is 0 Å². The fraction of sp³-hybridized carbons (Fsp3) is 0.385. The number of para-hydroxylation sites is 1. The molecular weight excluding hydrogens is 232 g/mol. The van der Waals surface area contributed by atoms with E-state index in [9.17, 15) is 9.59 Å². The lowest BCUT2D eigenvalue weighted by atomic mass is 10.0. The Bertz CT molecular complexity index is 444. The molecule has 1 atom stereocenters. The number of benzene rings is 1. The molecule has 0 aromatic heterocycles.